The highest BCUT2D eigenvalue weighted by Gasteiger charge is 2.18. The average molecular weight is 338 g/mol. The van der Waals surface area contributed by atoms with Crippen LogP contribution in [-0.4, -0.2) is 25.8 Å². The summed E-state index contributed by atoms with van der Waals surface area (Å²) in [7, 11) is 2.01. The van der Waals surface area contributed by atoms with Crippen molar-refractivity contribution in [3.63, 3.8) is 0 Å². The number of imidazole rings is 1. The molecular weight excluding hydrogens is 324 g/mol. The summed E-state index contributed by atoms with van der Waals surface area (Å²) in [6.45, 7) is 0. The fourth-order valence-corrected chi connectivity index (χ4v) is 4.43. The van der Waals surface area contributed by atoms with Crippen LogP contribution in [0.5, 0.6) is 0 Å². The van der Waals surface area contributed by atoms with Crippen molar-refractivity contribution in [1.29, 1.82) is 0 Å². The molecule has 114 valence electrons. The zero-order chi connectivity index (χ0) is 15.8. The normalized spacial score (nSPS) is 11.2. The largest absolute Gasteiger partial charge is 0.331 e. The van der Waals surface area contributed by atoms with Crippen LogP contribution in [0.2, 0.25) is 0 Å². The zero-order valence-corrected chi connectivity index (χ0v) is 14.4. The van der Waals surface area contributed by atoms with Gasteiger partial charge in [0.2, 0.25) is 0 Å². The molecule has 0 aliphatic carbocycles. The maximum absolute atomic E-state index is 4.79. The summed E-state index contributed by atoms with van der Waals surface area (Å²) in [5.74, 6) is 0. The molecule has 4 aromatic rings. The summed E-state index contributed by atoms with van der Waals surface area (Å²) in [6, 6.07) is 10.2. The predicted molar refractivity (Wildman–Crippen MR) is 96.8 cm³/mol. The molecule has 3 aromatic heterocycles. The molecule has 6 heteroatoms. The van der Waals surface area contributed by atoms with Crippen molar-refractivity contribution < 1.29 is 0 Å². The molecular formula is C17H14N4S2. The van der Waals surface area contributed by atoms with Gasteiger partial charge in [-0.2, -0.15) is 0 Å². The summed E-state index contributed by atoms with van der Waals surface area (Å²) >= 11 is 3.40. The highest BCUT2D eigenvalue weighted by molar-refractivity contribution is 7.99. The van der Waals surface area contributed by atoms with Gasteiger partial charge in [-0.1, -0.05) is 30.3 Å². The molecule has 0 unspecified atom stereocenters. The molecule has 23 heavy (non-hydrogen) atoms. The van der Waals surface area contributed by atoms with Gasteiger partial charge in [0, 0.05) is 23.7 Å². The van der Waals surface area contributed by atoms with Crippen molar-refractivity contribution in [2.75, 3.05) is 6.26 Å². The van der Waals surface area contributed by atoms with Gasteiger partial charge in [0.1, 0.15) is 16.2 Å². The quantitative estimate of drug-likeness (QED) is 0.517. The third kappa shape index (κ3) is 2.44. The number of fused-ring (bicyclic) bond motifs is 1. The van der Waals surface area contributed by atoms with E-state index in [4.69, 9.17) is 4.98 Å². The van der Waals surface area contributed by atoms with E-state index in [1.165, 1.54) is 4.70 Å². The third-order valence-corrected chi connectivity index (χ3v) is 5.66. The molecule has 4 nitrogen and oxygen atoms in total. The Morgan fingerprint density at radius 2 is 1.96 bits per heavy atom. The molecule has 0 N–H and O–H groups in total. The molecule has 0 spiro atoms. The Bertz CT molecular complexity index is 973. The molecule has 0 atom stereocenters. The van der Waals surface area contributed by atoms with E-state index < -0.39 is 0 Å². The van der Waals surface area contributed by atoms with Crippen LogP contribution in [0.25, 0.3) is 32.2 Å². The Kier molecular flexibility index (Phi) is 3.63. The highest BCUT2D eigenvalue weighted by atomic mass is 32.2. The fraction of sp³-hybridized carbons (Fsp3) is 0.118. The lowest BCUT2D eigenvalue weighted by atomic mass is 10.1. The lowest BCUT2D eigenvalue weighted by molar-refractivity contribution is 0.920. The molecule has 0 aliphatic heterocycles. The van der Waals surface area contributed by atoms with Crippen LogP contribution in [-0.2, 0) is 7.05 Å². The van der Waals surface area contributed by atoms with Gasteiger partial charge in [-0.15, -0.1) is 23.1 Å². The average Bonchev–Trinajstić information content (AvgIpc) is 3.18. The van der Waals surface area contributed by atoms with Crippen molar-refractivity contribution >= 4 is 33.3 Å². The second-order valence-corrected chi connectivity index (χ2v) is 6.97. The van der Waals surface area contributed by atoms with Crippen molar-refractivity contribution in [3.8, 4) is 22.0 Å². The second kappa shape index (κ2) is 5.79. The predicted octanol–water partition coefficient (Wildman–Crippen LogP) is 4.48. The van der Waals surface area contributed by atoms with Crippen LogP contribution in [0.15, 0.2) is 53.9 Å². The molecule has 0 saturated carbocycles. The molecule has 0 radical (unpaired) electrons. The molecule has 0 bridgehead atoms. The maximum atomic E-state index is 4.79. The number of rotatable bonds is 3. The summed E-state index contributed by atoms with van der Waals surface area (Å²) < 4.78 is 3.22. The van der Waals surface area contributed by atoms with Gasteiger partial charge in [0.25, 0.3) is 0 Å². The van der Waals surface area contributed by atoms with Gasteiger partial charge in [0.15, 0.2) is 0 Å². The van der Waals surface area contributed by atoms with Crippen LogP contribution in [0.1, 0.15) is 0 Å². The van der Waals surface area contributed by atoms with Crippen LogP contribution in [0.3, 0.4) is 0 Å². The Balaban J connectivity index is 1.94. The highest BCUT2D eigenvalue weighted by Crippen LogP contribution is 2.38. The maximum Gasteiger partial charge on any atom is 0.143 e. The SMILES string of the molecule is CSc1cncc2nc(-c3c(-c4ccccc4)ncn3C)sc12. The van der Waals surface area contributed by atoms with E-state index in [9.17, 15) is 0 Å². The van der Waals surface area contributed by atoms with Crippen LogP contribution in [0, 0.1) is 0 Å². The van der Waals surface area contributed by atoms with Gasteiger partial charge in [-0.25, -0.2) is 9.97 Å². The number of thiazole rings is 1. The Labute approximate surface area is 142 Å². The minimum atomic E-state index is 0.942. The van der Waals surface area contributed by atoms with Gasteiger partial charge in [-0.3, -0.25) is 4.98 Å². The van der Waals surface area contributed by atoms with Crippen molar-refractivity contribution in [3.05, 3.63) is 49.1 Å². The number of aryl methyl sites for hydroxylation is 1. The van der Waals surface area contributed by atoms with E-state index in [0.29, 0.717) is 0 Å². The molecule has 0 saturated heterocycles. The van der Waals surface area contributed by atoms with Gasteiger partial charge in [0.05, 0.1) is 22.9 Å². The van der Waals surface area contributed by atoms with E-state index in [1.54, 1.807) is 23.1 Å². The van der Waals surface area contributed by atoms with Crippen LogP contribution < -0.4 is 0 Å². The molecule has 1 aromatic carbocycles. The Morgan fingerprint density at radius 1 is 1.13 bits per heavy atom. The number of pyridine rings is 1. The first kappa shape index (κ1) is 14.4. The minimum Gasteiger partial charge on any atom is -0.331 e. The summed E-state index contributed by atoms with van der Waals surface area (Å²) in [6.07, 6.45) is 7.64. The second-order valence-electron chi connectivity index (χ2n) is 5.13. The van der Waals surface area contributed by atoms with Crippen molar-refractivity contribution in [1.82, 2.24) is 19.5 Å². The minimum absolute atomic E-state index is 0.942. The van der Waals surface area contributed by atoms with E-state index >= 15 is 0 Å². The van der Waals surface area contributed by atoms with Crippen molar-refractivity contribution in [2.45, 2.75) is 4.90 Å². The van der Waals surface area contributed by atoms with Crippen LogP contribution >= 0.6 is 23.1 Å². The monoisotopic (exact) mass is 338 g/mol. The Morgan fingerprint density at radius 3 is 2.74 bits per heavy atom. The van der Waals surface area contributed by atoms with Gasteiger partial charge in [-0.05, 0) is 6.26 Å². The zero-order valence-electron chi connectivity index (χ0n) is 12.7. The topological polar surface area (TPSA) is 43.6 Å². The number of benzene rings is 1. The third-order valence-electron chi connectivity index (χ3n) is 3.67. The van der Waals surface area contributed by atoms with Crippen LogP contribution in [0.4, 0.5) is 0 Å². The van der Waals surface area contributed by atoms with E-state index in [1.807, 2.05) is 48.5 Å². The first-order chi connectivity index (χ1) is 11.3. The van der Waals surface area contributed by atoms with E-state index in [2.05, 4.69) is 28.4 Å². The summed E-state index contributed by atoms with van der Waals surface area (Å²) in [5, 5.41) is 0.974. The Hall–Kier alpha value is -2.18. The number of thioether (sulfide) groups is 1. The molecule has 3 heterocycles. The molecule has 0 amide bonds. The number of nitrogens with zero attached hydrogens (tertiary/aromatic N) is 4. The fourth-order valence-electron chi connectivity index (χ4n) is 2.57. The molecule has 0 fully saturated rings. The number of hydrogen-bond donors (Lipinski definition) is 0. The summed E-state index contributed by atoms with van der Waals surface area (Å²) in [4.78, 5) is 14.8. The van der Waals surface area contributed by atoms with Gasteiger partial charge >= 0.3 is 0 Å². The smallest absolute Gasteiger partial charge is 0.143 e. The lowest BCUT2D eigenvalue weighted by Crippen LogP contribution is -1.90. The number of aromatic nitrogens is 4. The first-order valence-corrected chi connectivity index (χ1v) is 9.17. The van der Waals surface area contributed by atoms with E-state index in [-0.39, 0.29) is 0 Å². The lowest BCUT2D eigenvalue weighted by Gasteiger charge is -2.02. The molecule has 0 aliphatic rings. The van der Waals surface area contributed by atoms with Gasteiger partial charge < -0.3 is 4.57 Å². The van der Waals surface area contributed by atoms with Crippen molar-refractivity contribution in [2.24, 2.45) is 7.05 Å². The summed E-state index contributed by atoms with van der Waals surface area (Å²) in [5.41, 5.74) is 4.05. The molecule has 4 rings (SSSR count). The number of hydrogen-bond acceptors (Lipinski definition) is 5. The standard InChI is InChI=1S/C17H14N4S2/c1-21-10-19-14(11-6-4-3-5-7-11)15(21)17-20-12-8-18-9-13(22-2)16(12)23-17/h3-10H,1-2H3. The van der Waals surface area contributed by atoms with E-state index in [0.717, 1.165) is 32.4 Å². The first-order valence-electron chi connectivity index (χ1n) is 7.13.